The molecule has 0 aliphatic heterocycles. The first-order valence-corrected chi connectivity index (χ1v) is 11.4. The van der Waals surface area contributed by atoms with E-state index in [0.29, 0.717) is 36.3 Å². The Morgan fingerprint density at radius 1 is 0.893 bits per heavy atom. The third-order valence-corrected chi connectivity index (χ3v) is 5.04. The maximum absolute atomic E-state index is 11.5. The number of rotatable bonds is 12. The van der Waals surface area contributed by atoms with Crippen molar-refractivity contribution in [2.75, 3.05) is 19.5 Å². The maximum Gasteiger partial charge on any atom is 0.276 e. The van der Waals surface area contributed by atoms with Gasteiger partial charge in [-0.15, -0.1) is 10.2 Å². The van der Waals surface area contributed by atoms with E-state index in [1.54, 1.807) is 18.2 Å². The predicted octanol–water partition coefficient (Wildman–Crippen LogP) is 3.82. The van der Waals surface area contributed by atoms with E-state index in [4.69, 9.17) is 14.2 Å². The lowest BCUT2D eigenvalue weighted by atomic mass is 10.3. The summed E-state index contributed by atoms with van der Waals surface area (Å²) in [6.07, 6.45) is 5.11. The summed E-state index contributed by atoms with van der Waals surface area (Å²) >= 11 is 0. The van der Waals surface area contributed by atoms with Gasteiger partial charge in [0.25, 0.3) is 5.88 Å². The highest BCUT2D eigenvalue weighted by Crippen LogP contribution is 2.25. The van der Waals surface area contributed by atoms with Crippen LogP contribution in [-0.2, 0) is 16.4 Å². The molecule has 0 saturated carbocycles. The lowest BCUT2D eigenvalue weighted by Crippen LogP contribution is -2.07. The molecule has 0 aliphatic carbocycles. The molecular weight excluding hydrogens is 380 g/mol. The Labute approximate surface area is 167 Å². The van der Waals surface area contributed by atoms with Crippen LogP contribution in [0.1, 0.15) is 45.2 Å². The zero-order chi connectivity index (χ0) is 20.4. The Bertz CT molecular complexity index is 838. The summed E-state index contributed by atoms with van der Waals surface area (Å²) in [5.41, 5.74) is 0.599. The molecule has 1 aromatic heterocycles. The third kappa shape index (κ3) is 6.99. The Morgan fingerprint density at radius 2 is 1.54 bits per heavy atom. The molecule has 1 aromatic carbocycles. The van der Waals surface area contributed by atoms with E-state index in [0.717, 1.165) is 25.7 Å². The number of hydrogen-bond donors (Lipinski definition) is 0. The highest BCUT2D eigenvalue weighted by atomic mass is 32.2. The minimum atomic E-state index is -3.23. The first-order valence-electron chi connectivity index (χ1n) is 9.49. The minimum absolute atomic E-state index is 0.185. The number of nitrogens with zero attached hydrogens (tertiary/aromatic N) is 2. The first-order chi connectivity index (χ1) is 13.4. The van der Waals surface area contributed by atoms with Crippen LogP contribution < -0.4 is 14.2 Å². The molecule has 0 N–H and O–H groups in total. The average Bonchev–Trinajstić information content (AvgIpc) is 2.67. The van der Waals surface area contributed by atoms with Crippen molar-refractivity contribution in [2.24, 2.45) is 0 Å². The molecule has 154 valence electrons. The van der Waals surface area contributed by atoms with Crippen molar-refractivity contribution >= 4 is 9.84 Å². The van der Waals surface area contributed by atoms with Gasteiger partial charge in [-0.05, 0) is 37.1 Å². The second kappa shape index (κ2) is 10.8. The molecule has 0 bridgehead atoms. The number of ether oxygens (including phenoxy) is 3. The molecule has 0 saturated heterocycles. The van der Waals surface area contributed by atoms with E-state index in [2.05, 4.69) is 24.0 Å². The Hall–Kier alpha value is -2.35. The van der Waals surface area contributed by atoms with E-state index in [1.807, 2.05) is 0 Å². The maximum atomic E-state index is 11.5. The summed E-state index contributed by atoms with van der Waals surface area (Å²) in [5.74, 6) is 1.50. The van der Waals surface area contributed by atoms with Crippen molar-refractivity contribution in [3.05, 3.63) is 36.0 Å². The molecular formula is C20H28N2O5S. The van der Waals surface area contributed by atoms with Crippen LogP contribution in [0.2, 0.25) is 0 Å². The number of sulfone groups is 1. The van der Waals surface area contributed by atoms with Crippen LogP contribution in [0.15, 0.2) is 35.2 Å². The van der Waals surface area contributed by atoms with Gasteiger partial charge in [-0.3, -0.25) is 0 Å². The molecule has 28 heavy (non-hydrogen) atoms. The quantitative estimate of drug-likeness (QED) is 0.493. The summed E-state index contributed by atoms with van der Waals surface area (Å²) in [5, 5.41) is 8.27. The first kappa shape index (κ1) is 21.9. The average molecular weight is 409 g/mol. The van der Waals surface area contributed by atoms with Crippen LogP contribution in [0.3, 0.4) is 0 Å². The van der Waals surface area contributed by atoms with Gasteiger partial charge in [0.05, 0.1) is 18.1 Å². The van der Waals surface area contributed by atoms with Crippen LogP contribution in [-0.4, -0.2) is 38.1 Å². The third-order valence-electron chi connectivity index (χ3n) is 3.91. The molecule has 1 heterocycles. The number of hydrogen-bond acceptors (Lipinski definition) is 7. The largest absolute Gasteiger partial charge is 0.488 e. The summed E-state index contributed by atoms with van der Waals surface area (Å²) in [6, 6.07) is 8.03. The lowest BCUT2D eigenvalue weighted by molar-refractivity contribution is 0.246. The van der Waals surface area contributed by atoms with Gasteiger partial charge in [0.1, 0.15) is 18.1 Å². The summed E-state index contributed by atoms with van der Waals surface area (Å²) < 4.78 is 40.2. The van der Waals surface area contributed by atoms with E-state index in [9.17, 15) is 8.42 Å². The van der Waals surface area contributed by atoms with E-state index >= 15 is 0 Å². The highest BCUT2D eigenvalue weighted by molar-refractivity contribution is 7.90. The van der Waals surface area contributed by atoms with E-state index in [-0.39, 0.29) is 11.5 Å². The van der Waals surface area contributed by atoms with Crippen LogP contribution in [0.4, 0.5) is 0 Å². The monoisotopic (exact) mass is 408 g/mol. The fourth-order valence-electron chi connectivity index (χ4n) is 2.25. The predicted molar refractivity (Wildman–Crippen MR) is 107 cm³/mol. The smallest absolute Gasteiger partial charge is 0.276 e. The Morgan fingerprint density at radius 3 is 2.14 bits per heavy atom. The van der Waals surface area contributed by atoms with Crippen LogP contribution >= 0.6 is 0 Å². The number of benzene rings is 1. The van der Waals surface area contributed by atoms with Gasteiger partial charge < -0.3 is 14.2 Å². The highest BCUT2D eigenvalue weighted by Gasteiger charge is 2.11. The second-order valence-electron chi connectivity index (χ2n) is 6.44. The van der Waals surface area contributed by atoms with Gasteiger partial charge >= 0.3 is 0 Å². The van der Waals surface area contributed by atoms with Crippen molar-refractivity contribution < 1.29 is 22.6 Å². The zero-order valence-electron chi connectivity index (χ0n) is 16.7. The lowest BCUT2D eigenvalue weighted by Gasteiger charge is -2.12. The molecule has 8 heteroatoms. The topological polar surface area (TPSA) is 87.6 Å². The fourth-order valence-corrected chi connectivity index (χ4v) is 2.89. The van der Waals surface area contributed by atoms with E-state index < -0.39 is 9.84 Å². The molecule has 0 unspecified atom stereocenters. The second-order valence-corrected chi connectivity index (χ2v) is 8.46. The van der Waals surface area contributed by atoms with Crippen molar-refractivity contribution in [3.63, 3.8) is 0 Å². The normalized spacial score (nSPS) is 11.2. The van der Waals surface area contributed by atoms with E-state index in [1.165, 1.54) is 18.4 Å². The van der Waals surface area contributed by atoms with Crippen LogP contribution in [0.5, 0.6) is 17.4 Å². The van der Waals surface area contributed by atoms with Crippen LogP contribution in [0.25, 0.3) is 0 Å². The molecule has 0 fully saturated rings. The standard InChI is InChI=1S/C20H28N2O5S/c1-4-6-12-25-19-14-16(21-22-20(19)26-13-7-5-2)15-27-17-8-10-18(11-9-17)28(3,23)24/h8-11,14H,4-7,12-13,15H2,1-3H3. The summed E-state index contributed by atoms with van der Waals surface area (Å²) in [4.78, 5) is 0.250. The molecule has 2 rings (SSSR count). The molecule has 0 amide bonds. The van der Waals surface area contributed by atoms with Crippen molar-refractivity contribution in [3.8, 4) is 17.4 Å². The molecule has 7 nitrogen and oxygen atoms in total. The molecule has 0 spiro atoms. The molecule has 0 atom stereocenters. The van der Waals surface area contributed by atoms with Crippen molar-refractivity contribution in [2.45, 2.75) is 51.0 Å². The summed E-state index contributed by atoms with van der Waals surface area (Å²) in [6.45, 7) is 5.53. The van der Waals surface area contributed by atoms with Gasteiger partial charge in [-0.25, -0.2) is 8.42 Å². The fraction of sp³-hybridized carbons (Fsp3) is 0.500. The Kier molecular flexibility index (Phi) is 8.50. The molecule has 0 radical (unpaired) electrons. The van der Waals surface area contributed by atoms with Gasteiger partial charge in [0.15, 0.2) is 15.6 Å². The van der Waals surface area contributed by atoms with Gasteiger partial charge in [0, 0.05) is 12.3 Å². The van der Waals surface area contributed by atoms with Crippen LogP contribution in [0, 0.1) is 0 Å². The SMILES string of the molecule is CCCCOc1cc(COc2ccc(S(C)(=O)=O)cc2)nnc1OCCCC. The molecule has 0 aliphatic rings. The van der Waals surface area contributed by atoms with Crippen molar-refractivity contribution in [1.82, 2.24) is 10.2 Å². The van der Waals surface area contributed by atoms with Gasteiger partial charge in [-0.2, -0.15) is 0 Å². The van der Waals surface area contributed by atoms with Gasteiger partial charge in [-0.1, -0.05) is 26.7 Å². The van der Waals surface area contributed by atoms with Crippen molar-refractivity contribution in [1.29, 1.82) is 0 Å². The van der Waals surface area contributed by atoms with Gasteiger partial charge in [0.2, 0.25) is 0 Å². The number of aromatic nitrogens is 2. The number of unbranched alkanes of at least 4 members (excludes halogenated alkanes) is 2. The zero-order valence-corrected chi connectivity index (χ0v) is 17.5. The Balaban J connectivity index is 2.04. The minimum Gasteiger partial charge on any atom is -0.488 e. The molecule has 2 aromatic rings. The summed E-state index contributed by atoms with van der Waals surface area (Å²) in [7, 11) is -3.23.